The van der Waals surface area contributed by atoms with E-state index in [9.17, 15) is 4.79 Å². The lowest BCUT2D eigenvalue weighted by Crippen LogP contribution is -2.19. The Morgan fingerprint density at radius 1 is 1.32 bits per heavy atom. The first-order valence-corrected chi connectivity index (χ1v) is 7.56. The van der Waals surface area contributed by atoms with Crippen molar-refractivity contribution in [3.8, 4) is 11.8 Å². The van der Waals surface area contributed by atoms with E-state index in [1.165, 1.54) is 7.05 Å². The first-order chi connectivity index (χ1) is 10.5. The predicted molar refractivity (Wildman–Crippen MR) is 90.6 cm³/mol. The number of nitrogens with one attached hydrogen (secondary N) is 1. The fraction of sp³-hybridized carbons (Fsp3) is 0.176. The molecule has 1 N–H and O–H groups in total. The molecule has 1 aromatic carbocycles. The number of nitriles is 1. The van der Waals surface area contributed by atoms with E-state index < -0.39 is 0 Å². The average molecular weight is 358 g/mol. The maximum atomic E-state index is 11.6. The van der Waals surface area contributed by atoms with Crippen molar-refractivity contribution in [2.24, 2.45) is 0 Å². The zero-order valence-electron chi connectivity index (χ0n) is 12.6. The lowest BCUT2D eigenvalue weighted by Gasteiger charge is -2.09. The Morgan fingerprint density at radius 2 is 1.95 bits per heavy atom. The van der Waals surface area contributed by atoms with Crippen LogP contribution in [0.2, 0.25) is 0 Å². The number of halogens is 1. The summed E-state index contributed by atoms with van der Waals surface area (Å²) >= 11 is 3.43. The molecule has 0 aliphatic rings. The molecule has 0 spiro atoms. The third-order valence-electron chi connectivity index (χ3n) is 3.45. The fourth-order valence-corrected chi connectivity index (χ4v) is 2.62. The Kier molecular flexibility index (Phi) is 4.84. The molecule has 1 aromatic heterocycles. The summed E-state index contributed by atoms with van der Waals surface area (Å²) in [4.78, 5) is 11.6. The second-order valence-corrected chi connectivity index (χ2v) is 5.80. The van der Waals surface area contributed by atoms with E-state index in [-0.39, 0.29) is 11.5 Å². The summed E-state index contributed by atoms with van der Waals surface area (Å²) in [6.45, 7) is 3.97. The van der Waals surface area contributed by atoms with Crippen molar-refractivity contribution in [1.82, 2.24) is 9.88 Å². The molecule has 0 aliphatic carbocycles. The molecule has 0 aliphatic heterocycles. The smallest absolute Gasteiger partial charge is 0.261 e. The van der Waals surface area contributed by atoms with E-state index in [1.54, 1.807) is 6.08 Å². The lowest BCUT2D eigenvalue weighted by molar-refractivity contribution is -0.116. The predicted octanol–water partition coefficient (Wildman–Crippen LogP) is 3.51. The number of aryl methyl sites for hydroxylation is 1. The van der Waals surface area contributed by atoms with Crippen LogP contribution in [0.15, 0.2) is 40.4 Å². The van der Waals surface area contributed by atoms with Gasteiger partial charge < -0.3 is 9.88 Å². The summed E-state index contributed by atoms with van der Waals surface area (Å²) in [6.07, 6.45) is 1.62. The molecule has 0 saturated carbocycles. The van der Waals surface area contributed by atoms with Gasteiger partial charge in [-0.15, -0.1) is 0 Å². The molecule has 1 heterocycles. The standard InChI is InChI=1S/C17H16BrN3O/c1-11-8-13(9-14(10-19)17(22)20-3)12(2)21(11)16-6-4-15(18)5-7-16/h4-9H,1-3H3,(H,20,22)/b14-9+. The minimum absolute atomic E-state index is 0.0959. The number of hydrogen-bond acceptors (Lipinski definition) is 2. The molecule has 0 radical (unpaired) electrons. The quantitative estimate of drug-likeness (QED) is 0.674. The van der Waals surface area contributed by atoms with Gasteiger partial charge in [-0.2, -0.15) is 5.26 Å². The van der Waals surface area contributed by atoms with Crippen molar-refractivity contribution in [1.29, 1.82) is 5.26 Å². The molecule has 0 bridgehead atoms. The molecular weight excluding hydrogens is 342 g/mol. The van der Waals surface area contributed by atoms with Crippen LogP contribution in [0.5, 0.6) is 0 Å². The molecular formula is C17H16BrN3O. The number of nitrogens with zero attached hydrogens (tertiary/aromatic N) is 2. The van der Waals surface area contributed by atoms with Gasteiger partial charge in [0.15, 0.2) is 0 Å². The summed E-state index contributed by atoms with van der Waals surface area (Å²) in [6, 6.07) is 11.9. The van der Waals surface area contributed by atoms with Crippen LogP contribution in [0.4, 0.5) is 0 Å². The van der Waals surface area contributed by atoms with Crippen molar-refractivity contribution >= 4 is 27.9 Å². The van der Waals surface area contributed by atoms with Gasteiger partial charge in [0.1, 0.15) is 11.6 Å². The maximum Gasteiger partial charge on any atom is 0.261 e. The van der Waals surface area contributed by atoms with E-state index in [0.29, 0.717) is 0 Å². The number of aromatic nitrogens is 1. The number of likely N-dealkylation sites (N-methyl/N-ethyl adjacent to an activating group) is 1. The second-order valence-electron chi connectivity index (χ2n) is 4.89. The Balaban J connectivity index is 2.52. The monoisotopic (exact) mass is 357 g/mol. The highest BCUT2D eigenvalue weighted by Gasteiger charge is 2.12. The van der Waals surface area contributed by atoms with Gasteiger partial charge >= 0.3 is 0 Å². The first-order valence-electron chi connectivity index (χ1n) is 6.76. The highest BCUT2D eigenvalue weighted by molar-refractivity contribution is 9.10. The van der Waals surface area contributed by atoms with Crippen molar-refractivity contribution < 1.29 is 4.79 Å². The van der Waals surface area contributed by atoms with Crippen LogP contribution in [0.3, 0.4) is 0 Å². The largest absolute Gasteiger partial charge is 0.354 e. The summed E-state index contributed by atoms with van der Waals surface area (Å²) < 4.78 is 3.11. The summed E-state index contributed by atoms with van der Waals surface area (Å²) in [5.74, 6) is -0.379. The molecule has 0 atom stereocenters. The number of hydrogen-bond donors (Lipinski definition) is 1. The highest BCUT2D eigenvalue weighted by atomic mass is 79.9. The number of rotatable bonds is 3. The van der Waals surface area contributed by atoms with Crippen LogP contribution in [0.1, 0.15) is 17.0 Å². The topological polar surface area (TPSA) is 57.8 Å². The normalized spacial score (nSPS) is 11.1. The summed E-state index contributed by atoms with van der Waals surface area (Å²) in [5.41, 5.74) is 4.02. The van der Waals surface area contributed by atoms with E-state index in [1.807, 2.05) is 50.2 Å². The zero-order chi connectivity index (χ0) is 16.3. The molecule has 0 fully saturated rings. The second kappa shape index (κ2) is 6.63. The third kappa shape index (κ3) is 3.12. The molecule has 112 valence electrons. The zero-order valence-corrected chi connectivity index (χ0v) is 14.2. The minimum atomic E-state index is -0.379. The van der Waals surface area contributed by atoms with Gasteiger partial charge in [-0.1, -0.05) is 15.9 Å². The maximum absolute atomic E-state index is 11.6. The Bertz CT molecular complexity index is 779. The number of benzene rings is 1. The van der Waals surface area contributed by atoms with Crippen molar-refractivity contribution in [2.75, 3.05) is 7.05 Å². The molecule has 2 rings (SSSR count). The van der Waals surface area contributed by atoms with Gasteiger partial charge in [-0.3, -0.25) is 4.79 Å². The van der Waals surface area contributed by atoms with Crippen LogP contribution in [-0.4, -0.2) is 17.5 Å². The molecule has 1 amide bonds. The molecule has 0 unspecified atom stereocenters. The van der Waals surface area contributed by atoms with Gasteiger partial charge in [-0.25, -0.2) is 0 Å². The molecule has 2 aromatic rings. The summed E-state index contributed by atoms with van der Waals surface area (Å²) in [5, 5.41) is 11.6. The first kappa shape index (κ1) is 16.1. The average Bonchev–Trinajstić information content (AvgIpc) is 2.79. The van der Waals surface area contributed by atoms with Gasteiger partial charge in [0.2, 0.25) is 0 Å². The SMILES string of the molecule is CNC(=O)/C(C#N)=C/c1cc(C)n(-c2ccc(Br)cc2)c1C. The van der Waals surface area contributed by atoms with Crippen molar-refractivity contribution in [3.05, 3.63) is 57.3 Å². The van der Waals surface area contributed by atoms with E-state index in [0.717, 1.165) is 27.1 Å². The van der Waals surface area contributed by atoms with Crippen LogP contribution in [0.25, 0.3) is 11.8 Å². The van der Waals surface area contributed by atoms with Crippen LogP contribution in [-0.2, 0) is 4.79 Å². The molecule has 5 heteroatoms. The minimum Gasteiger partial charge on any atom is -0.354 e. The van der Waals surface area contributed by atoms with E-state index in [2.05, 4.69) is 25.8 Å². The van der Waals surface area contributed by atoms with Crippen LogP contribution >= 0.6 is 15.9 Å². The van der Waals surface area contributed by atoms with Gasteiger partial charge in [0, 0.05) is 28.6 Å². The van der Waals surface area contributed by atoms with Crippen LogP contribution < -0.4 is 5.32 Å². The van der Waals surface area contributed by atoms with Crippen molar-refractivity contribution in [2.45, 2.75) is 13.8 Å². The number of carbonyl (C=O) groups is 1. The highest BCUT2D eigenvalue weighted by Crippen LogP contribution is 2.24. The van der Waals surface area contributed by atoms with Crippen molar-refractivity contribution in [3.63, 3.8) is 0 Å². The van der Waals surface area contributed by atoms with Gasteiger partial charge in [-0.05, 0) is 55.8 Å². The summed E-state index contributed by atoms with van der Waals surface area (Å²) in [7, 11) is 1.51. The fourth-order valence-electron chi connectivity index (χ4n) is 2.36. The van der Waals surface area contributed by atoms with Gasteiger partial charge in [0.25, 0.3) is 5.91 Å². The van der Waals surface area contributed by atoms with E-state index >= 15 is 0 Å². The number of amides is 1. The molecule has 22 heavy (non-hydrogen) atoms. The Morgan fingerprint density at radius 3 is 2.50 bits per heavy atom. The van der Waals surface area contributed by atoms with Crippen LogP contribution in [0, 0.1) is 25.2 Å². The van der Waals surface area contributed by atoms with E-state index in [4.69, 9.17) is 5.26 Å². The Labute approximate surface area is 138 Å². The Hall–Kier alpha value is -2.32. The lowest BCUT2D eigenvalue weighted by atomic mass is 10.1. The third-order valence-corrected chi connectivity index (χ3v) is 3.98. The van der Waals surface area contributed by atoms with Gasteiger partial charge in [0.05, 0.1) is 0 Å². The number of carbonyl (C=O) groups excluding carboxylic acids is 1. The molecule has 0 saturated heterocycles. The molecule has 4 nitrogen and oxygen atoms in total.